The SMILES string of the molecule is C=CCNC(=O)CCc1cccc(NC(=O)CC)c1. The molecule has 0 bridgehead atoms. The van der Waals surface area contributed by atoms with E-state index in [-0.39, 0.29) is 11.8 Å². The second-order valence-electron chi connectivity index (χ2n) is 4.19. The smallest absolute Gasteiger partial charge is 0.224 e. The van der Waals surface area contributed by atoms with E-state index in [0.29, 0.717) is 25.8 Å². The second kappa shape index (κ2) is 8.08. The van der Waals surface area contributed by atoms with E-state index in [1.54, 1.807) is 6.08 Å². The van der Waals surface area contributed by atoms with Gasteiger partial charge in [0.15, 0.2) is 0 Å². The van der Waals surface area contributed by atoms with Gasteiger partial charge in [-0.1, -0.05) is 25.1 Å². The summed E-state index contributed by atoms with van der Waals surface area (Å²) in [5.74, 6) is -0.0104. The molecule has 4 heteroatoms. The number of hydrogen-bond acceptors (Lipinski definition) is 2. The highest BCUT2D eigenvalue weighted by atomic mass is 16.2. The van der Waals surface area contributed by atoms with Crippen LogP contribution < -0.4 is 10.6 Å². The molecule has 1 aromatic rings. The van der Waals surface area contributed by atoms with E-state index < -0.39 is 0 Å². The Morgan fingerprint density at radius 3 is 2.79 bits per heavy atom. The predicted molar refractivity (Wildman–Crippen MR) is 76.9 cm³/mol. The summed E-state index contributed by atoms with van der Waals surface area (Å²) in [7, 11) is 0. The third-order valence-corrected chi connectivity index (χ3v) is 2.62. The van der Waals surface area contributed by atoms with Crippen LogP contribution in [0.3, 0.4) is 0 Å². The van der Waals surface area contributed by atoms with Gasteiger partial charge in [-0.3, -0.25) is 9.59 Å². The summed E-state index contributed by atoms with van der Waals surface area (Å²) in [5, 5.41) is 5.53. The zero-order valence-electron chi connectivity index (χ0n) is 11.2. The van der Waals surface area contributed by atoms with E-state index in [4.69, 9.17) is 0 Å². The lowest BCUT2D eigenvalue weighted by Crippen LogP contribution is -2.23. The van der Waals surface area contributed by atoms with Crippen LogP contribution in [0.15, 0.2) is 36.9 Å². The lowest BCUT2D eigenvalue weighted by atomic mass is 10.1. The number of rotatable bonds is 7. The summed E-state index contributed by atoms with van der Waals surface area (Å²) in [6.45, 7) is 5.84. The molecule has 2 amide bonds. The van der Waals surface area contributed by atoms with Gasteiger partial charge in [0.2, 0.25) is 11.8 Å². The van der Waals surface area contributed by atoms with Crippen LogP contribution >= 0.6 is 0 Å². The minimum absolute atomic E-state index is 0.00268. The van der Waals surface area contributed by atoms with E-state index in [9.17, 15) is 9.59 Å². The highest BCUT2D eigenvalue weighted by Crippen LogP contribution is 2.12. The van der Waals surface area contributed by atoms with E-state index in [1.807, 2.05) is 31.2 Å². The van der Waals surface area contributed by atoms with Gasteiger partial charge >= 0.3 is 0 Å². The van der Waals surface area contributed by atoms with Crippen molar-refractivity contribution in [2.24, 2.45) is 0 Å². The number of amides is 2. The lowest BCUT2D eigenvalue weighted by molar-refractivity contribution is -0.120. The Hall–Kier alpha value is -2.10. The minimum Gasteiger partial charge on any atom is -0.353 e. The molecule has 4 nitrogen and oxygen atoms in total. The molecule has 0 saturated carbocycles. The molecule has 0 aliphatic carbocycles. The molecule has 1 rings (SSSR count). The third kappa shape index (κ3) is 5.86. The van der Waals surface area contributed by atoms with Gasteiger partial charge in [-0.2, -0.15) is 0 Å². The van der Waals surface area contributed by atoms with Crippen LogP contribution in [0.4, 0.5) is 5.69 Å². The number of aryl methyl sites for hydroxylation is 1. The van der Waals surface area contributed by atoms with Crippen LogP contribution in [0, 0.1) is 0 Å². The van der Waals surface area contributed by atoms with Crippen molar-refractivity contribution in [3.63, 3.8) is 0 Å². The largest absolute Gasteiger partial charge is 0.353 e. The summed E-state index contributed by atoms with van der Waals surface area (Å²) < 4.78 is 0. The van der Waals surface area contributed by atoms with Crippen molar-refractivity contribution in [1.82, 2.24) is 5.32 Å². The van der Waals surface area contributed by atoms with Crippen LogP contribution in [0.1, 0.15) is 25.3 Å². The average molecular weight is 260 g/mol. The van der Waals surface area contributed by atoms with Gasteiger partial charge in [0.05, 0.1) is 0 Å². The summed E-state index contributed by atoms with van der Waals surface area (Å²) in [6.07, 6.45) is 3.19. The molecule has 0 unspecified atom stereocenters. The van der Waals surface area contributed by atoms with Crippen molar-refractivity contribution >= 4 is 17.5 Å². The summed E-state index contributed by atoms with van der Waals surface area (Å²) in [6, 6.07) is 7.56. The zero-order valence-corrected chi connectivity index (χ0v) is 11.2. The molecule has 1 aromatic carbocycles. The number of benzene rings is 1. The molecule has 0 heterocycles. The monoisotopic (exact) mass is 260 g/mol. The van der Waals surface area contributed by atoms with E-state index in [2.05, 4.69) is 17.2 Å². The first-order valence-corrected chi connectivity index (χ1v) is 6.42. The molecule has 0 aliphatic heterocycles. The molecule has 0 radical (unpaired) electrons. The number of anilines is 1. The maximum absolute atomic E-state index is 11.5. The molecule has 0 fully saturated rings. The Kier molecular flexibility index (Phi) is 6.36. The molecule has 0 aromatic heterocycles. The first-order chi connectivity index (χ1) is 9.15. The highest BCUT2D eigenvalue weighted by molar-refractivity contribution is 5.90. The van der Waals surface area contributed by atoms with Gasteiger partial charge in [-0.05, 0) is 24.1 Å². The van der Waals surface area contributed by atoms with Crippen molar-refractivity contribution in [3.05, 3.63) is 42.5 Å². The molecule has 102 valence electrons. The fraction of sp³-hybridized carbons (Fsp3) is 0.333. The fourth-order valence-corrected chi connectivity index (χ4v) is 1.59. The Labute approximate surface area is 113 Å². The zero-order chi connectivity index (χ0) is 14.1. The maximum Gasteiger partial charge on any atom is 0.224 e. The first-order valence-electron chi connectivity index (χ1n) is 6.42. The highest BCUT2D eigenvalue weighted by Gasteiger charge is 2.03. The maximum atomic E-state index is 11.5. The number of carbonyl (C=O) groups excluding carboxylic acids is 2. The summed E-state index contributed by atoms with van der Waals surface area (Å²) in [4.78, 5) is 22.7. The third-order valence-electron chi connectivity index (χ3n) is 2.62. The number of hydrogen-bond donors (Lipinski definition) is 2. The van der Waals surface area contributed by atoms with Gasteiger partial charge in [0.1, 0.15) is 0 Å². The predicted octanol–water partition coefficient (Wildman–Crippen LogP) is 2.27. The standard InChI is InChI=1S/C15H20N2O2/c1-3-10-16-15(19)9-8-12-6-5-7-13(11-12)17-14(18)4-2/h3,5-7,11H,1,4,8-10H2,2H3,(H,16,19)(H,17,18). The van der Waals surface area contributed by atoms with Crippen molar-refractivity contribution in [1.29, 1.82) is 0 Å². The number of carbonyl (C=O) groups is 2. The van der Waals surface area contributed by atoms with E-state index >= 15 is 0 Å². The second-order valence-corrected chi connectivity index (χ2v) is 4.19. The van der Waals surface area contributed by atoms with Crippen LogP contribution in [-0.4, -0.2) is 18.4 Å². The molecule has 19 heavy (non-hydrogen) atoms. The molecule has 2 N–H and O–H groups in total. The summed E-state index contributed by atoms with van der Waals surface area (Å²) >= 11 is 0. The van der Waals surface area contributed by atoms with Gasteiger partial charge < -0.3 is 10.6 Å². The van der Waals surface area contributed by atoms with E-state index in [0.717, 1.165) is 11.3 Å². The lowest BCUT2D eigenvalue weighted by Gasteiger charge is -2.07. The summed E-state index contributed by atoms with van der Waals surface area (Å²) in [5.41, 5.74) is 1.80. The Bertz CT molecular complexity index is 455. The molecule has 0 aliphatic rings. The van der Waals surface area contributed by atoms with Gasteiger partial charge in [0, 0.05) is 25.1 Å². The average Bonchev–Trinajstić information content (AvgIpc) is 2.43. The molecule has 0 atom stereocenters. The molecular weight excluding hydrogens is 240 g/mol. The van der Waals surface area contributed by atoms with Crippen LogP contribution in [-0.2, 0) is 16.0 Å². The Morgan fingerprint density at radius 1 is 1.32 bits per heavy atom. The van der Waals surface area contributed by atoms with Crippen LogP contribution in [0.5, 0.6) is 0 Å². The minimum atomic E-state index is -0.0131. The van der Waals surface area contributed by atoms with Crippen molar-refractivity contribution in [2.45, 2.75) is 26.2 Å². The van der Waals surface area contributed by atoms with Crippen LogP contribution in [0.25, 0.3) is 0 Å². The van der Waals surface area contributed by atoms with Crippen molar-refractivity contribution in [2.75, 3.05) is 11.9 Å². The topological polar surface area (TPSA) is 58.2 Å². The van der Waals surface area contributed by atoms with Gasteiger partial charge in [-0.15, -0.1) is 6.58 Å². The fourth-order valence-electron chi connectivity index (χ4n) is 1.59. The van der Waals surface area contributed by atoms with Crippen LogP contribution in [0.2, 0.25) is 0 Å². The van der Waals surface area contributed by atoms with Gasteiger partial charge in [-0.25, -0.2) is 0 Å². The van der Waals surface area contributed by atoms with Crippen molar-refractivity contribution < 1.29 is 9.59 Å². The Balaban J connectivity index is 2.50. The molecular formula is C15H20N2O2. The quantitative estimate of drug-likeness (QED) is 0.739. The van der Waals surface area contributed by atoms with Crippen molar-refractivity contribution in [3.8, 4) is 0 Å². The van der Waals surface area contributed by atoms with E-state index in [1.165, 1.54) is 0 Å². The molecule has 0 saturated heterocycles. The number of nitrogens with one attached hydrogen (secondary N) is 2. The van der Waals surface area contributed by atoms with Gasteiger partial charge in [0.25, 0.3) is 0 Å². The Morgan fingerprint density at radius 2 is 2.11 bits per heavy atom. The normalized spacial score (nSPS) is 9.74. The first kappa shape index (κ1) is 15.0. The molecule has 0 spiro atoms.